The zero-order valence-electron chi connectivity index (χ0n) is 69.4. The fourth-order valence-electron chi connectivity index (χ4n) is 11.3. The zero-order valence-corrected chi connectivity index (χ0v) is 47.6. The second kappa shape index (κ2) is 19.5. The van der Waals surface area contributed by atoms with Gasteiger partial charge in [-0.05, 0) is 148 Å². The molecule has 82 heavy (non-hydrogen) atoms. The summed E-state index contributed by atoms with van der Waals surface area (Å²) in [6, 6.07) is 41.1. The van der Waals surface area contributed by atoms with E-state index in [1.165, 1.54) is 16.7 Å². The first-order valence-electron chi connectivity index (χ1n) is 38.5. The molecule has 0 radical (unpaired) electrons. The SMILES string of the molecule is [2H]c1c([2H])c([2H])c(-c2cc3c4c(c2)n(-c2[c-]c(Oc5[c-]c6c(cc5)c5ccccc5n6-c5cc(C(C)(C)C)ccn5)ccc2)[c-][n+]4-c2c(cccc2-c2c([2H])c([2H])c4c(c2[2H])C(C([2H])([2H])[2H])(C([2H])([2H])[2H])C([2H])([2H])C([2H])([2H])C4(C([2H])([2H])[2H])C([2H])([2H])[2H])-c2cc(C(C)(C)C)ccc2-c2ccccc2-3)c([2H])c1[2H].[Pt]. The third kappa shape index (κ3) is 8.86. The minimum atomic E-state index is -4.61. The predicted molar refractivity (Wildman–Crippen MR) is 333 cm³/mol. The Kier molecular flexibility index (Phi) is 7.74. The van der Waals surface area contributed by atoms with Crippen LogP contribution in [0, 0.1) is 18.5 Å². The molecule has 12 aromatic rings. The van der Waals surface area contributed by atoms with Crippen LogP contribution in [0.2, 0.25) is 0 Å². The summed E-state index contributed by atoms with van der Waals surface area (Å²) >= 11 is 0. The Morgan fingerprint density at radius 3 is 2.04 bits per heavy atom. The smallest absolute Gasteiger partial charge is 0.268 e. The third-order valence-corrected chi connectivity index (χ3v) is 15.4. The number of nitrogens with zero attached hydrogens (tertiary/aromatic N) is 4. The standard InChI is InChI=1S/C76H66N4O.Pt/c1-73(2,3)51-31-33-59-57-24-14-15-25-58(57)64-40-50(48-20-12-11-13-21-48)42-69-72(64)79(71-56(27-19-28-62(71)63(59)43-51)49-30-35-65-66(41-49)76(9,10)38-37-75(65,7)8)47-78(69)53-22-18-23-54(45-53)81-55-32-34-61-60-26-16-17-29-67(60)80(68(61)46-55)70-44-52(36-39-77-70)74(4,5)6;/h11-36,39-44H,37-38H2,1-10H3;/q-2;/i7D3,8D3,9D3,10D3,11D,12D,13D,20D,21D,30D,35D,37D2,38D2,41D;. The number of benzene rings is 9. The molecule has 9 aromatic carbocycles. The van der Waals surface area contributed by atoms with Crippen LogP contribution in [0.15, 0.2) is 194 Å². The molecule has 5 nitrogen and oxygen atoms in total. The number of pyridine rings is 1. The maximum absolute atomic E-state index is 10.6. The summed E-state index contributed by atoms with van der Waals surface area (Å²) in [6.07, 6.45) is -3.91. The minimum absolute atomic E-state index is 0. The van der Waals surface area contributed by atoms with Gasteiger partial charge in [0.25, 0.3) is 6.33 Å². The Hall–Kier alpha value is -8.11. The van der Waals surface area contributed by atoms with E-state index in [1.807, 2.05) is 98.1 Å². The number of hydrogen-bond acceptors (Lipinski definition) is 2. The fraction of sp³-hybridized carbons (Fsp3) is 0.211. The van der Waals surface area contributed by atoms with Crippen LogP contribution < -0.4 is 9.30 Å². The molecule has 0 bridgehead atoms. The summed E-state index contributed by atoms with van der Waals surface area (Å²) in [5, 5.41) is 1.79. The van der Waals surface area contributed by atoms with Crippen LogP contribution in [-0.4, -0.2) is 14.1 Å². The van der Waals surface area contributed by atoms with E-state index in [9.17, 15) is 12.3 Å². The maximum Gasteiger partial charge on any atom is 0.268 e. The molecule has 1 aliphatic heterocycles. The summed E-state index contributed by atoms with van der Waals surface area (Å²) in [5.41, 5.74) is -7.65. The second-order valence-corrected chi connectivity index (χ2v) is 22.8. The molecule has 0 fully saturated rings. The van der Waals surface area contributed by atoms with E-state index in [0.29, 0.717) is 39.2 Å². The van der Waals surface area contributed by atoms with E-state index in [1.54, 1.807) is 65.4 Å². The molecule has 1 aliphatic carbocycles. The third-order valence-electron chi connectivity index (χ3n) is 15.4. The van der Waals surface area contributed by atoms with E-state index in [2.05, 4.69) is 39.2 Å². The van der Waals surface area contributed by atoms with Gasteiger partial charge in [-0.25, -0.2) is 4.98 Å². The van der Waals surface area contributed by atoms with E-state index in [0.717, 1.165) is 27.4 Å². The molecular weight excluding hydrogens is 1180 g/mol. The Bertz CT molecular complexity index is 5640. The first-order chi connectivity index (χ1) is 48.8. The van der Waals surface area contributed by atoms with Crippen molar-refractivity contribution in [3.05, 3.63) is 235 Å². The van der Waals surface area contributed by atoms with Crippen LogP contribution in [0.3, 0.4) is 0 Å². The van der Waals surface area contributed by atoms with Crippen molar-refractivity contribution in [2.75, 3.05) is 0 Å². The number of imidazole rings is 1. The van der Waals surface area contributed by atoms with Crippen molar-refractivity contribution < 1.29 is 63.3 Å². The number of rotatable bonds is 6. The van der Waals surface area contributed by atoms with E-state index in [4.69, 9.17) is 30.3 Å². The van der Waals surface area contributed by atoms with Gasteiger partial charge >= 0.3 is 0 Å². The van der Waals surface area contributed by atoms with Gasteiger partial charge in [0.15, 0.2) is 0 Å². The maximum atomic E-state index is 10.6. The summed E-state index contributed by atoms with van der Waals surface area (Å²) < 4.78 is 235. The van der Waals surface area contributed by atoms with Crippen LogP contribution in [0.25, 0.3) is 106 Å². The van der Waals surface area contributed by atoms with Crippen molar-refractivity contribution in [2.45, 2.75) is 103 Å². The van der Waals surface area contributed by atoms with Crippen molar-refractivity contribution >= 4 is 32.8 Å². The summed E-state index contributed by atoms with van der Waals surface area (Å²) in [4.78, 5) is 4.83. The summed E-state index contributed by atoms with van der Waals surface area (Å²) in [6.45, 7) is -4.99. The molecule has 0 amide bonds. The Labute approximate surface area is 530 Å². The molecule has 2 aliphatic rings. The number of hydrogen-bond donors (Lipinski definition) is 0. The predicted octanol–water partition coefficient (Wildman–Crippen LogP) is 19.2. The summed E-state index contributed by atoms with van der Waals surface area (Å²) in [7, 11) is 0. The molecule has 0 spiro atoms. The quantitative estimate of drug-likeness (QED) is 0.123. The van der Waals surface area contributed by atoms with Gasteiger partial charge in [0.05, 0.1) is 27.7 Å². The second-order valence-electron chi connectivity index (χ2n) is 22.8. The number of fused-ring (bicyclic) bond motifs is 11. The normalized spacial score (nSPS) is 20.3. The van der Waals surface area contributed by atoms with Crippen LogP contribution in [0.4, 0.5) is 0 Å². The molecule has 3 aromatic heterocycles. The van der Waals surface area contributed by atoms with Gasteiger partial charge in [0.2, 0.25) is 0 Å². The average molecular weight is 1270 g/mol. The fourth-order valence-corrected chi connectivity index (χ4v) is 11.3. The number of para-hydroxylation sites is 2. The molecule has 0 saturated carbocycles. The number of aromatic nitrogens is 4. The molecule has 0 unspecified atom stereocenters. The van der Waals surface area contributed by atoms with E-state index >= 15 is 0 Å². The Morgan fingerprint density at radius 1 is 0.573 bits per heavy atom. The topological polar surface area (TPSA) is 35.9 Å². The first kappa shape index (κ1) is 32.5. The van der Waals surface area contributed by atoms with E-state index < -0.39 is 121 Å². The van der Waals surface area contributed by atoms with Gasteiger partial charge in [-0.2, -0.15) is 18.2 Å². The van der Waals surface area contributed by atoms with Crippen molar-refractivity contribution in [2.24, 2.45) is 0 Å². The van der Waals surface area contributed by atoms with Gasteiger partial charge in [-0.15, -0.1) is 29.7 Å². The van der Waals surface area contributed by atoms with Gasteiger partial charge in [0, 0.05) is 66.2 Å². The molecule has 6 heteroatoms. The largest absolute Gasteiger partial charge is 0.510 e. The van der Waals surface area contributed by atoms with Crippen LogP contribution in [-0.2, 0) is 42.7 Å². The van der Waals surface area contributed by atoms with Crippen LogP contribution in [0.1, 0.15) is 137 Å². The monoisotopic (exact) mass is 1270 g/mol. The van der Waals surface area contributed by atoms with Crippen molar-refractivity contribution in [1.29, 1.82) is 0 Å². The molecule has 408 valence electrons. The van der Waals surface area contributed by atoms with Crippen LogP contribution >= 0.6 is 0 Å². The van der Waals surface area contributed by atoms with Crippen molar-refractivity contribution in [3.8, 4) is 84.3 Å². The molecule has 14 rings (SSSR count). The molecule has 0 N–H and O–H groups in total. The molecular formula is C76H66N4OPt-2. The minimum Gasteiger partial charge on any atom is -0.510 e. The van der Waals surface area contributed by atoms with Crippen LogP contribution in [0.5, 0.6) is 11.5 Å². The zero-order chi connectivity index (χ0) is 76.3. The van der Waals surface area contributed by atoms with E-state index in [-0.39, 0.29) is 82.6 Å². The van der Waals surface area contributed by atoms with Crippen molar-refractivity contribution in [3.63, 3.8) is 0 Å². The molecule has 4 heterocycles. The van der Waals surface area contributed by atoms with Crippen molar-refractivity contribution in [1.82, 2.24) is 14.1 Å². The van der Waals surface area contributed by atoms with Gasteiger partial charge in [0.1, 0.15) is 5.82 Å². The Balaban J connectivity index is 0.00000995. The van der Waals surface area contributed by atoms with Gasteiger partial charge in [-0.1, -0.05) is 208 Å². The number of ether oxygens (including phenoxy) is 1. The average Bonchev–Trinajstić information content (AvgIpc) is 0.786. The molecule has 0 atom stereocenters. The van der Waals surface area contributed by atoms with Gasteiger partial charge < -0.3 is 13.9 Å². The first-order valence-corrected chi connectivity index (χ1v) is 26.5. The Morgan fingerprint density at radius 2 is 1.26 bits per heavy atom. The van der Waals surface area contributed by atoms with Gasteiger partial charge in [-0.3, -0.25) is 4.57 Å². The summed E-state index contributed by atoms with van der Waals surface area (Å²) in [5.74, 6) is 1.04. The molecule has 0 saturated heterocycles.